The largest absolute Gasteiger partial charge is 0.481 e. The van der Waals surface area contributed by atoms with E-state index in [0.29, 0.717) is 5.82 Å². The second-order valence-corrected chi connectivity index (χ2v) is 5.79. The molecule has 2 aromatic heterocycles. The van der Waals surface area contributed by atoms with Gasteiger partial charge in [-0.25, -0.2) is 4.98 Å². The van der Waals surface area contributed by atoms with Gasteiger partial charge < -0.3 is 9.67 Å². The Hall–Kier alpha value is -3.47. The van der Waals surface area contributed by atoms with Crippen LogP contribution in [0.5, 0.6) is 0 Å². The number of hydrogen-bond donors (Lipinski definition) is 1. The van der Waals surface area contributed by atoms with Crippen molar-refractivity contribution in [2.75, 3.05) is 0 Å². The Morgan fingerprint density at radius 3 is 2.76 bits per heavy atom. The number of nitrogens with zero attached hydrogens (tertiary/aromatic N) is 3. The molecule has 0 unspecified atom stereocenters. The smallest absolute Gasteiger partial charge is 0.307 e. The lowest BCUT2D eigenvalue weighted by molar-refractivity contribution is -0.136. The SMILES string of the molecule is O=C(O)Cc1ccn(-c2cncc(-c3cccc4ccccc34)n2)c1. The van der Waals surface area contributed by atoms with E-state index in [-0.39, 0.29) is 6.42 Å². The molecule has 4 aromatic rings. The molecule has 0 atom stereocenters. The van der Waals surface area contributed by atoms with Gasteiger partial charge in [0, 0.05) is 18.0 Å². The number of carboxylic acid groups (broad SMARTS) is 1. The third-order valence-electron chi connectivity index (χ3n) is 4.06. The topological polar surface area (TPSA) is 68.0 Å². The van der Waals surface area contributed by atoms with Gasteiger partial charge in [0.25, 0.3) is 0 Å². The summed E-state index contributed by atoms with van der Waals surface area (Å²) in [6.07, 6.45) is 6.97. The molecule has 122 valence electrons. The van der Waals surface area contributed by atoms with Crippen molar-refractivity contribution in [1.82, 2.24) is 14.5 Å². The molecule has 0 aliphatic heterocycles. The average molecular weight is 329 g/mol. The van der Waals surface area contributed by atoms with Crippen LogP contribution in [0.4, 0.5) is 0 Å². The van der Waals surface area contributed by atoms with E-state index >= 15 is 0 Å². The molecule has 0 aliphatic rings. The molecule has 5 nitrogen and oxygen atoms in total. The molecule has 0 aliphatic carbocycles. The third-order valence-corrected chi connectivity index (χ3v) is 4.06. The zero-order chi connectivity index (χ0) is 17.2. The molecule has 0 saturated heterocycles. The van der Waals surface area contributed by atoms with Crippen molar-refractivity contribution in [2.24, 2.45) is 0 Å². The first-order valence-electron chi connectivity index (χ1n) is 7.90. The maximum atomic E-state index is 10.8. The average Bonchev–Trinajstić information content (AvgIpc) is 3.09. The molecule has 0 radical (unpaired) electrons. The minimum Gasteiger partial charge on any atom is -0.481 e. The van der Waals surface area contributed by atoms with Crippen LogP contribution in [0, 0.1) is 0 Å². The summed E-state index contributed by atoms with van der Waals surface area (Å²) in [5.74, 6) is -0.199. The first kappa shape index (κ1) is 15.1. The standard InChI is InChI=1S/C20H15N3O2/c24-20(25)10-14-8-9-23(13-14)19-12-21-11-18(22-19)17-7-3-5-15-4-1-2-6-16(15)17/h1-9,11-13H,10H2,(H,24,25). The number of aliphatic carboxylic acids is 1. The molecule has 0 fully saturated rings. The van der Waals surface area contributed by atoms with Gasteiger partial charge >= 0.3 is 5.97 Å². The molecular formula is C20H15N3O2. The highest BCUT2D eigenvalue weighted by Crippen LogP contribution is 2.27. The highest BCUT2D eigenvalue weighted by molar-refractivity contribution is 5.95. The number of aromatic nitrogens is 3. The summed E-state index contributed by atoms with van der Waals surface area (Å²) in [6.45, 7) is 0. The fourth-order valence-electron chi connectivity index (χ4n) is 2.92. The van der Waals surface area contributed by atoms with Crippen molar-refractivity contribution in [2.45, 2.75) is 6.42 Å². The highest BCUT2D eigenvalue weighted by atomic mass is 16.4. The molecule has 25 heavy (non-hydrogen) atoms. The number of rotatable bonds is 4. The quantitative estimate of drug-likeness (QED) is 0.620. The summed E-state index contributed by atoms with van der Waals surface area (Å²) in [4.78, 5) is 19.9. The van der Waals surface area contributed by atoms with Crippen LogP contribution >= 0.6 is 0 Å². The molecule has 4 rings (SSSR count). The van der Waals surface area contributed by atoms with E-state index in [1.54, 1.807) is 35.4 Å². The highest BCUT2D eigenvalue weighted by Gasteiger charge is 2.08. The molecule has 1 N–H and O–H groups in total. The Bertz CT molecular complexity index is 1060. The van der Waals surface area contributed by atoms with Gasteiger partial charge in [-0.2, -0.15) is 0 Å². The van der Waals surface area contributed by atoms with Crippen LogP contribution in [0.25, 0.3) is 27.8 Å². The normalized spacial score (nSPS) is 10.9. The van der Waals surface area contributed by atoms with Crippen LogP contribution in [0.1, 0.15) is 5.56 Å². The van der Waals surface area contributed by atoms with Crippen molar-refractivity contribution >= 4 is 16.7 Å². The van der Waals surface area contributed by atoms with Gasteiger partial charge in [-0.15, -0.1) is 0 Å². The Labute approximate surface area is 144 Å². The van der Waals surface area contributed by atoms with Crippen molar-refractivity contribution in [3.63, 3.8) is 0 Å². The van der Waals surface area contributed by atoms with Crippen LogP contribution in [-0.2, 0) is 11.2 Å². The fourth-order valence-corrected chi connectivity index (χ4v) is 2.92. The summed E-state index contributed by atoms with van der Waals surface area (Å²) < 4.78 is 1.79. The summed E-state index contributed by atoms with van der Waals surface area (Å²) in [5.41, 5.74) is 2.53. The molecule has 0 saturated carbocycles. The predicted octanol–water partition coefficient (Wildman–Crippen LogP) is 3.71. The van der Waals surface area contributed by atoms with Crippen molar-refractivity contribution < 1.29 is 9.90 Å². The molecule has 0 bridgehead atoms. The van der Waals surface area contributed by atoms with Gasteiger partial charge in [-0.1, -0.05) is 42.5 Å². The van der Waals surface area contributed by atoms with Gasteiger partial charge in [0.05, 0.1) is 24.5 Å². The van der Waals surface area contributed by atoms with Crippen molar-refractivity contribution in [3.05, 3.63) is 78.9 Å². The number of carboxylic acids is 1. The van der Waals surface area contributed by atoms with E-state index in [1.807, 2.05) is 24.3 Å². The van der Waals surface area contributed by atoms with Crippen molar-refractivity contribution in [3.8, 4) is 17.1 Å². The number of hydrogen-bond acceptors (Lipinski definition) is 3. The molecule has 0 amide bonds. The Morgan fingerprint density at radius 1 is 1.04 bits per heavy atom. The Morgan fingerprint density at radius 2 is 1.88 bits per heavy atom. The maximum Gasteiger partial charge on any atom is 0.307 e. The summed E-state index contributed by atoms with van der Waals surface area (Å²) in [6, 6.07) is 16.0. The zero-order valence-corrected chi connectivity index (χ0v) is 13.3. The van der Waals surface area contributed by atoms with E-state index < -0.39 is 5.97 Å². The maximum absolute atomic E-state index is 10.8. The predicted molar refractivity (Wildman–Crippen MR) is 95.6 cm³/mol. The number of fused-ring (bicyclic) bond motifs is 1. The molecule has 5 heteroatoms. The summed E-state index contributed by atoms with van der Waals surface area (Å²) >= 11 is 0. The minimum absolute atomic E-state index is 0.0105. The van der Waals surface area contributed by atoms with E-state index in [1.165, 1.54) is 0 Å². The van der Waals surface area contributed by atoms with Gasteiger partial charge in [0.2, 0.25) is 0 Å². The Kier molecular flexibility index (Phi) is 3.74. The lowest BCUT2D eigenvalue weighted by Crippen LogP contribution is -2.00. The van der Waals surface area contributed by atoms with Crippen molar-refractivity contribution in [1.29, 1.82) is 0 Å². The first-order chi connectivity index (χ1) is 12.2. The molecule has 0 spiro atoms. The van der Waals surface area contributed by atoms with Crippen LogP contribution in [0.2, 0.25) is 0 Å². The zero-order valence-electron chi connectivity index (χ0n) is 13.3. The number of benzene rings is 2. The van der Waals surface area contributed by atoms with Crippen LogP contribution in [0.15, 0.2) is 73.3 Å². The van der Waals surface area contributed by atoms with E-state index in [4.69, 9.17) is 10.1 Å². The third kappa shape index (κ3) is 2.99. The fraction of sp³-hybridized carbons (Fsp3) is 0.0500. The molecular weight excluding hydrogens is 314 g/mol. The monoisotopic (exact) mass is 329 g/mol. The summed E-state index contributed by atoms with van der Waals surface area (Å²) in [7, 11) is 0. The van der Waals surface area contributed by atoms with E-state index in [9.17, 15) is 4.79 Å². The van der Waals surface area contributed by atoms with Gasteiger partial charge in [0.15, 0.2) is 5.82 Å². The minimum atomic E-state index is -0.853. The van der Waals surface area contributed by atoms with Crippen LogP contribution < -0.4 is 0 Å². The Balaban J connectivity index is 1.77. The second kappa shape index (κ2) is 6.20. The summed E-state index contributed by atoms with van der Waals surface area (Å²) in [5, 5.41) is 11.2. The molecule has 2 aromatic carbocycles. The van der Waals surface area contributed by atoms with Gasteiger partial charge in [-0.3, -0.25) is 9.78 Å². The van der Waals surface area contributed by atoms with Crippen LogP contribution in [-0.4, -0.2) is 25.6 Å². The van der Waals surface area contributed by atoms with Gasteiger partial charge in [0.1, 0.15) is 0 Å². The lowest BCUT2D eigenvalue weighted by atomic mass is 10.0. The molecule has 2 heterocycles. The van der Waals surface area contributed by atoms with Crippen LogP contribution in [0.3, 0.4) is 0 Å². The number of carbonyl (C=O) groups is 1. The second-order valence-electron chi connectivity index (χ2n) is 5.79. The van der Waals surface area contributed by atoms with E-state index in [0.717, 1.165) is 27.6 Å². The first-order valence-corrected chi connectivity index (χ1v) is 7.90. The lowest BCUT2D eigenvalue weighted by Gasteiger charge is -2.08. The van der Waals surface area contributed by atoms with E-state index in [2.05, 4.69) is 23.2 Å². The van der Waals surface area contributed by atoms with Gasteiger partial charge in [-0.05, 0) is 22.4 Å².